The highest BCUT2D eigenvalue weighted by Gasteiger charge is 2.38. The summed E-state index contributed by atoms with van der Waals surface area (Å²) >= 11 is 0.767. The second-order valence-electron chi connectivity index (χ2n) is 8.93. The van der Waals surface area contributed by atoms with Gasteiger partial charge in [0.25, 0.3) is 17.7 Å². The number of rotatable bonds is 9. The van der Waals surface area contributed by atoms with Crippen LogP contribution in [0.4, 0.5) is 11.4 Å². The summed E-state index contributed by atoms with van der Waals surface area (Å²) in [5, 5.41) is 2.94. The topological polar surface area (TPSA) is 145 Å². The molecule has 1 aromatic carbocycles. The van der Waals surface area contributed by atoms with Crippen molar-refractivity contribution >= 4 is 40.6 Å². The Bertz CT molecular complexity index is 1250. The van der Waals surface area contributed by atoms with E-state index in [0.29, 0.717) is 29.7 Å². The Morgan fingerprint density at radius 3 is 2.40 bits per heavy atom. The van der Waals surface area contributed by atoms with Gasteiger partial charge in [0.1, 0.15) is 16.4 Å². The first kappa shape index (κ1) is 26.0. The van der Waals surface area contributed by atoms with E-state index in [-0.39, 0.29) is 16.3 Å². The molecule has 0 saturated heterocycles. The van der Waals surface area contributed by atoms with E-state index in [1.807, 2.05) is 26.0 Å². The number of primary amides is 1. The molecule has 9 nitrogen and oxygen atoms in total. The largest absolute Gasteiger partial charge is 0.464 e. The van der Waals surface area contributed by atoms with Gasteiger partial charge in [0, 0.05) is 12.2 Å². The minimum Gasteiger partial charge on any atom is -0.464 e. The van der Waals surface area contributed by atoms with Crippen molar-refractivity contribution in [3.8, 4) is 0 Å². The summed E-state index contributed by atoms with van der Waals surface area (Å²) in [5.74, 6) is -0.525. The summed E-state index contributed by atoms with van der Waals surface area (Å²) in [6.45, 7) is 10.1. The molecule has 3 rings (SSSR count). The zero-order valence-corrected chi connectivity index (χ0v) is 21.4. The predicted octanol–water partition coefficient (Wildman–Crippen LogP) is 3.89. The normalized spacial score (nSPS) is 11.9. The van der Waals surface area contributed by atoms with E-state index in [2.05, 4.69) is 23.5 Å². The molecule has 10 heteroatoms. The van der Waals surface area contributed by atoms with Gasteiger partial charge in [-0.15, -0.1) is 0 Å². The number of aryl methyl sites for hydroxylation is 3. The Morgan fingerprint density at radius 1 is 1.14 bits per heavy atom. The monoisotopic (exact) mass is 497 g/mol. The molecule has 1 unspecified atom stereocenters. The number of hydrogen-bond donors (Lipinski definition) is 3. The summed E-state index contributed by atoms with van der Waals surface area (Å²) in [4.78, 5) is 40.6. The van der Waals surface area contributed by atoms with Gasteiger partial charge in [-0.25, -0.2) is 0 Å². The van der Waals surface area contributed by atoms with Crippen molar-refractivity contribution in [2.24, 2.45) is 11.7 Å². The molecule has 0 aliphatic rings. The van der Waals surface area contributed by atoms with Crippen molar-refractivity contribution < 1.29 is 18.8 Å². The maximum absolute atomic E-state index is 14.0. The SMILES string of the molecule is Cc1ccc(N(C(=O)c2snc(C(N)=O)c2N)C(C(=O)NCCC(C)C)c2ccc(C)o2)c(C)c1. The summed E-state index contributed by atoms with van der Waals surface area (Å²) in [6, 6.07) is 7.84. The van der Waals surface area contributed by atoms with Crippen LogP contribution in [0.5, 0.6) is 0 Å². The van der Waals surface area contributed by atoms with Crippen molar-refractivity contribution in [3.05, 3.63) is 63.6 Å². The van der Waals surface area contributed by atoms with Gasteiger partial charge in [0.05, 0.1) is 5.69 Å². The third-order valence-corrected chi connectivity index (χ3v) is 6.40. The highest BCUT2D eigenvalue weighted by Crippen LogP contribution is 2.35. The highest BCUT2D eigenvalue weighted by atomic mass is 32.1. The van der Waals surface area contributed by atoms with E-state index < -0.39 is 23.8 Å². The Labute approximate surface area is 208 Å². The number of nitrogens with one attached hydrogen (secondary N) is 1. The molecule has 5 N–H and O–H groups in total. The lowest BCUT2D eigenvalue weighted by atomic mass is 10.0. The predicted molar refractivity (Wildman–Crippen MR) is 136 cm³/mol. The Hall–Kier alpha value is -3.66. The number of nitrogens with two attached hydrogens (primary N) is 2. The lowest BCUT2D eigenvalue weighted by molar-refractivity contribution is -0.122. The van der Waals surface area contributed by atoms with Crippen LogP contribution in [0.1, 0.15) is 69.1 Å². The van der Waals surface area contributed by atoms with Crippen LogP contribution in [0, 0.1) is 26.7 Å². The van der Waals surface area contributed by atoms with Crippen LogP contribution in [-0.2, 0) is 4.79 Å². The van der Waals surface area contributed by atoms with Crippen LogP contribution in [0.15, 0.2) is 34.7 Å². The average molecular weight is 498 g/mol. The first-order chi connectivity index (χ1) is 16.5. The number of carbonyl (C=O) groups excluding carboxylic acids is 3. The van der Waals surface area contributed by atoms with Crippen LogP contribution in [-0.4, -0.2) is 28.6 Å². The summed E-state index contributed by atoms with van der Waals surface area (Å²) in [5.41, 5.74) is 13.4. The first-order valence-electron chi connectivity index (χ1n) is 11.3. The first-order valence-corrected chi connectivity index (χ1v) is 12.1. The lowest BCUT2D eigenvalue weighted by Gasteiger charge is -2.31. The molecule has 2 heterocycles. The summed E-state index contributed by atoms with van der Waals surface area (Å²) < 4.78 is 9.82. The van der Waals surface area contributed by atoms with Gasteiger partial charge in [0.2, 0.25) is 0 Å². The molecule has 0 aliphatic carbocycles. The third kappa shape index (κ3) is 5.71. The fourth-order valence-corrected chi connectivity index (χ4v) is 4.48. The molecule has 0 aliphatic heterocycles. The van der Waals surface area contributed by atoms with Gasteiger partial charge in [-0.2, -0.15) is 4.37 Å². The number of benzene rings is 1. The van der Waals surface area contributed by atoms with E-state index >= 15 is 0 Å². The zero-order valence-electron chi connectivity index (χ0n) is 20.5. The third-order valence-electron chi connectivity index (χ3n) is 5.54. The molecule has 0 spiro atoms. The van der Waals surface area contributed by atoms with Crippen molar-refractivity contribution in [2.75, 3.05) is 17.2 Å². The molecule has 0 radical (unpaired) electrons. The lowest BCUT2D eigenvalue weighted by Crippen LogP contribution is -2.44. The number of furan rings is 1. The Morgan fingerprint density at radius 2 is 1.86 bits per heavy atom. The van der Waals surface area contributed by atoms with Crippen LogP contribution in [0.25, 0.3) is 0 Å². The van der Waals surface area contributed by atoms with Gasteiger partial charge in [-0.3, -0.25) is 19.3 Å². The molecule has 0 saturated carbocycles. The Balaban J connectivity index is 2.17. The van der Waals surface area contributed by atoms with Crippen molar-refractivity contribution in [2.45, 2.75) is 47.1 Å². The van der Waals surface area contributed by atoms with Gasteiger partial charge >= 0.3 is 0 Å². The van der Waals surface area contributed by atoms with Gasteiger partial charge in [-0.05, 0) is 68.4 Å². The second-order valence-corrected chi connectivity index (χ2v) is 9.70. The van der Waals surface area contributed by atoms with Crippen molar-refractivity contribution in [3.63, 3.8) is 0 Å². The number of nitrogens with zero attached hydrogens (tertiary/aromatic N) is 2. The van der Waals surface area contributed by atoms with Crippen molar-refractivity contribution in [1.29, 1.82) is 0 Å². The number of hydrogen-bond acceptors (Lipinski definition) is 7. The minimum atomic E-state index is -1.12. The number of amides is 3. The Kier molecular flexibility index (Phi) is 7.96. The zero-order chi connectivity index (χ0) is 25.9. The number of anilines is 2. The van der Waals surface area contributed by atoms with Gasteiger partial charge < -0.3 is 21.2 Å². The molecule has 3 amide bonds. The maximum atomic E-state index is 14.0. The maximum Gasteiger partial charge on any atom is 0.273 e. The van der Waals surface area contributed by atoms with E-state index in [4.69, 9.17) is 15.9 Å². The summed E-state index contributed by atoms with van der Waals surface area (Å²) in [7, 11) is 0. The van der Waals surface area contributed by atoms with E-state index in [1.54, 1.807) is 25.1 Å². The fourth-order valence-electron chi connectivity index (χ4n) is 3.73. The van der Waals surface area contributed by atoms with Gasteiger partial charge in [-0.1, -0.05) is 31.5 Å². The molecule has 186 valence electrons. The van der Waals surface area contributed by atoms with E-state index in [9.17, 15) is 14.4 Å². The molecule has 1 atom stereocenters. The number of nitrogen functional groups attached to an aromatic ring is 1. The molecule has 3 aromatic rings. The van der Waals surface area contributed by atoms with Crippen LogP contribution >= 0.6 is 11.5 Å². The molecular weight excluding hydrogens is 466 g/mol. The molecule has 0 bridgehead atoms. The van der Waals surface area contributed by atoms with Crippen LogP contribution in [0.3, 0.4) is 0 Å². The van der Waals surface area contributed by atoms with Crippen molar-refractivity contribution in [1.82, 2.24) is 9.69 Å². The highest BCUT2D eigenvalue weighted by molar-refractivity contribution is 7.09. The van der Waals surface area contributed by atoms with E-state index in [1.165, 1.54) is 4.90 Å². The molecule has 0 fully saturated rings. The summed E-state index contributed by atoms with van der Waals surface area (Å²) in [6.07, 6.45) is 0.775. The average Bonchev–Trinajstić information content (AvgIpc) is 3.37. The van der Waals surface area contributed by atoms with Gasteiger partial charge in [0.15, 0.2) is 11.7 Å². The number of aromatic nitrogens is 1. The standard InChI is InChI=1S/C25H31N5O4S/c1-13(2)10-11-28-24(32)21(18-9-7-16(5)34-18)30(17-8-6-14(3)12-15(17)4)25(33)22-19(26)20(23(27)31)29-35-22/h6-9,12-13,21H,10-11,26H2,1-5H3,(H2,27,31)(H,28,32). The fraction of sp³-hybridized carbons (Fsp3) is 0.360. The second kappa shape index (κ2) is 10.7. The quantitative estimate of drug-likeness (QED) is 0.409. The molecule has 2 aromatic heterocycles. The molecular formula is C25H31N5O4S. The minimum absolute atomic E-state index is 0.0158. The van der Waals surface area contributed by atoms with Crippen LogP contribution in [0.2, 0.25) is 0 Å². The number of carbonyl (C=O) groups is 3. The molecule has 35 heavy (non-hydrogen) atoms. The van der Waals surface area contributed by atoms with E-state index in [0.717, 1.165) is 29.1 Å². The smallest absolute Gasteiger partial charge is 0.273 e. The van der Waals surface area contributed by atoms with Crippen LogP contribution < -0.4 is 21.7 Å².